The summed E-state index contributed by atoms with van der Waals surface area (Å²) in [6.07, 6.45) is 2.07. The van der Waals surface area contributed by atoms with Crippen LogP contribution in [0.25, 0.3) is 0 Å². The second kappa shape index (κ2) is 4.50. The van der Waals surface area contributed by atoms with Gasteiger partial charge in [0.05, 0.1) is 14.2 Å². The van der Waals surface area contributed by atoms with Crippen molar-refractivity contribution in [1.29, 1.82) is 0 Å². The first-order valence-corrected chi connectivity index (χ1v) is 3.87. The molecule has 0 N–H and O–H groups in total. The first kappa shape index (κ1) is 9.58. The van der Waals surface area contributed by atoms with Gasteiger partial charge >= 0.3 is 0 Å². The Kier molecular flexibility index (Phi) is 3.31. The Balaban J connectivity index is 3.00. The first-order chi connectivity index (χ1) is 6.31. The molecule has 0 amide bonds. The van der Waals surface area contributed by atoms with Crippen LogP contribution in [0.1, 0.15) is 5.56 Å². The van der Waals surface area contributed by atoms with Crippen LogP contribution >= 0.6 is 0 Å². The number of hydrogen-bond acceptors (Lipinski definition) is 3. The summed E-state index contributed by atoms with van der Waals surface area (Å²) in [4.78, 5) is 10.2. The standard InChI is InChI=1S/C10H11O3/c1-12-9-4-3-8(5-6-11)10(7-9)13-2/h3-4,7H,5H2,1-2H3. The van der Waals surface area contributed by atoms with Gasteiger partial charge in [0.1, 0.15) is 11.5 Å². The van der Waals surface area contributed by atoms with Crippen molar-refractivity contribution >= 4 is 6.29 Å². The summed E-state index contributed by atoms with van der Waals surface area (Å²) in [7, 11) is 3.14. The molecule has 0 bridgehead atoms. The largest absolute Gasteiger partial charge is 0.497 e. The van der Waals surface area contributed by atoms with E-state index in [1.54, 1.807) is 32.4 Å². The SMILES string of the molecule is COc1ccc(C[C]=O)c(OC)c1. The van der Waals surface area contributed by atoms with Gasteiger partial charge in [-0.05, 0) is 6.07 Å². The summed E-state index contributed by atoms with van der Waals surface area (Å²) >= 11 is 0. The van der Waals surface area contributed by atoms with Crippen LogP contribution in [-0.4, -0.2) is 20.5 Å². The smallest absolute Gasteiger partial charge is 0.203 e. The lowest BCUT2D eigenvalue weighted by molar-refractivity contribution is 0.391. The molecule has 69 valence electrons. The van der Waals surface area contributed by atoms with E-state index < -0.39 is 0 Å². The first-order valence-electron chi connectivity index (χ1n) is 3.87. The van der Waals surface area contributed by atoms with Gasteiger partial charge in [-0.25, -0.2) is 0 Å². The van der Waals surface area contributed by atoms with Crippen molar-refractivity contribution in [2.45, 2.75) is 6.42 Å². The average molecular weight is 179 g/mol. The Hall–Kier alpha value is -1.51. The van der Waals surface area contributed by atoms with Crippen LogP contribution in [0.5, 0.6) is 11.5 Å². The van der Waals surface area contributed by atoms with Gasteiger partial charge in [0.2, 0.25) is 6.29 Å². The number of carbonyl (C=O) groups excluding carboxylic acids is 1. The topological polar surface area (TPSA) is 35.5 Å². The molecule has 0 saturated carbocycles. The Bertz CT molecular complexity index is 294. The third kappa shape index (κ3) is 2.21. The number of ether oxygens (including phenoxy) is 2. The fraction of sp³-hybridized carbons (Fsp3) is 0.300. The van der Waals surface area contributed by atoms with Crippen molar-refractivity contribution in [2.75, 3.05) is 14.2 Å². The van der Waals surface area contributed by atoms with Gasteiger partial charge in [0.15, 0.2) is 0 Å². The molecule has 0 aromatic heterocycles. The molecule has 3 nitrogen and oxygen atoms in total. The Morgan fingerprint density at radius 2 is 2.08 bits per heavy atom. The van der Waals surface area contributed by atoms with E-state index in [0.29, 0.717) is 11.5 Å². The molecule has 1 aromatic carbocycles. The molecule has 0 unspecified atom stereocenters. The molecular formula is C10H11O3. The van der Waals surface area contributed by atoms with Gasteiger partial charge in [-0.2, -0.15) is 0 Å². The summed E-state index contributed by atoms with van der Waals surface area (Å²) < 4.78 is 10.1. The monoisotopic (exact) mass is 179 g/mol. The Labute approximate surface area is 77.3 Å². The molecule has 0 aliphatic carbocycles. The van der Waals surface area contributed by atoms with Crippen LogP contribution in [0.4, 0.5) is 0 Å². The molecule has 1 radical (unpaired) electrons. The van der Waals surface area contributed by atoms with E-state index in [4.69, 9.17) is 9.47 Å². The third-order valence-electron chi connectivity index (χ3n) is 1.76. The highest BCUT2D eigenvalue weighted by Crippen LogP contribution is 2.24. The van der Waals surface area contributed by atoms with E-state index in [-0.39, 0.29) is 6.42 Å². The normalized spacial score (nSPS) is 9.38. The molecule has 13 heavy (non-hydrogen) atoms. The summed E-state index contributed by atoms with van der Waals surface area (Å²) in [5.74, 6) is 1.37. The highest BCUT2D eigenvalue weighted by molar-refractivity contribution is 5.59. The maximum atomic E-state index is 10.2. The predicted octanol–water partition coefficient (Wildman–Crippen LogP) is 1.36. The molecule has 0 fully saturated rings. The summed E-state index contributed by atoms with van der Waals surface area (Å²) in [6, 6.07) is 5.32. The van der Waals surface area contributed by atoms with Crippen molar-refractivity contribution in [1.82, 2.24) is 0 Å². The number of benzene rings is 1. The van der Waals surface area contributed by atoms with Crippen molar-refractivity contribution in [2.24, 2.45) is 0 Å². The average Bonchev–Trinajstić information content (AvgIpc) is 2.19. The Morgan fingerprint density at radius 1 is 1.31 bits per heavy atom. The second-order valence-electron chi connectivity index (χ2n) is 2.50. The van der Waals surface area contributed by atoms with Gasteiger partial charge < -0.3 is 9.47 Å². The van der Waals surface area contributed by atoms with Crippen molar-refractivity contribution in [3.8, 4) is 11.5 Å². The molecule has 0 saturated heterocycles. The zero-order valence-corrected chi connectivity index (χ0v) is 7.66. The van der Waals surface area contributed by atoms with E-state index in [0.717, 1.165) is 5.56 Å². The fourth-order valence-electron chi connectivity index (χ4n) is 1.08. The molecule has 0 spiro atoms. The highest BCUT2D eigenvalue weighted by atomic mass is 16.5. The highest BCUT2D eigenvalue weighted by Gasteiger charge is 2.03. The lowest BCUT2D eigenvalue weighted by Crippen LogP contribution is -1.94. The summed E-state index contributed by atoms with van der Waals surface area (Å²) in [6.45, 7) is 0. The second-order valence-corrected chi connectivity index (χ2v) is 2.50. The zero-order chi connectivity index (χ0) is 9.68. The molecular weight excluding hydrogens is 168 g/mol. The number of rotatable bonds is 4. The quantitative estimate of drug-likeness (QED) is 0.700. The van der Waals surface area contributed by atoms with Gasteiger partial charge in [-0.3, -0.25) is 4.79 Å². The zero-order valence-electron chi connectivity index (χ0n) is 7.66. The minimum atomic E-state index is 0.243. The van der Waals surface area contributed by atoms with E-state index >= 15 is 0 Å². The van der Waals surface area contributed by atoms with E-state index in [9.17, 15) is 4.79 Å². The lowest BCUT2D eigenvalue weighted by Gasteiger charge is -2.07. The van der Waals surface area contributed by atoms with Gasteiger partial charge in [-0.15, -0.1) is 0 Å². The van der Waals surface area contributed by atoms with E-state index in [2.05, 4.69) is 0 Å². The van der Waals surface area contributed by atoms with Crippen LogP contribution in [-0.2, 0) is 11.2 Å². The maximum Gasteiger partial charge on any atom is 0.203 e. The van der Waals surface area contributed by atoms with Crippen LogP contribution in [0, 0.1) is 0 Å². The van der Waals surface area contributed by atoms with Crippen LogP contribution < -0.4 is 9.47 Å². The predicted molar refractivity (Wildman–Crippen MR) is 48.9 cm³/mol. The lowest BCUT2D eigenvalue weighted by atomic mass is 10.1. The molecule has 0 aliphatic heterocycles. The van der Waals surface area contributed by atoms with Gasteiger partial charge in [0, 0.05) is 18.1 Å². The third-order valence-corrected chi connectivity index (χ3v) is 1.76. The van der Waals surface area contributed by atoms with Gasteiger partial charge in [-0.1, -0.05) is 6.07 Å². The van der Waals surface area contributed by atoms with E-state index in [1.165, 1.54) is 0 Å². The van der Waals surface area contributed by atoms with Crippen LogP contribution in [0.2, 0.25) is 0 Å². The summed E-state index contributed by atoms with van der Waals surface area (Å²) in [5.41, 5.74) is 0.818. The van der Waals surface area contributed by atoms with Gasteiger partial charge in [0.25, 0.3) is 0 Å². The van der Waals surface area contributed by atoms with Crippen molar-refractivity contribution in [3.05, 3.63) is 23.8 Å². The van der Waals surface area contributed by atoms with Crippen molar-refractivity contribution in [3.63, 3.8) is 0 Å². The van der Waals surface area contributed by atoms with E-state index in [1.807, 2.05) is 6.29 Å². The minimum Gasteiger partial charge on any atom is -0.497 e. The molecule has 0 aliphatic rings. The Morgan fingerprint density at radius 3 is 2.62 bits per heavy atom. The molecule has 0 heterocycles. The fourth-order valence-corrected chi connectivity index (χ4v) is 1.08. The number of methoxy groups -OCH3 is 2. The van der Waals surface area contributed by atoms with Crippen molar-refractivity contribution < 1.29 is 14.3 Å². The minimum absolute atomic E-state index is 0.243. The number of hydrogen-bond donors (Lipinski definition) is 0. The summed E-state index contributed by atoms with van der Waals surface area (Å²) in [5, 5.41) is 0. The van der Waals surface area contributed by atoms with Crippen LogP contribution in [0.15, 0.2) is 18.2 Å². The maximum absolute atomic E-state index is 10.2. The molecule has 3 heteroatoms. The molecule has 1 rings (SSSR count). The molecule has 0 atom stereocenters. The van der Waals surface area contributed by atoms with Crippen LogP contribution in [0.3, 0.4) is 0 Å². The molecule has 1 aromatic rings.